The zero-order valence-corrected chi connectivity index (χ0v) is 13.9. The van der Waals surface area contributed by atoms with Gasteiger partial charge in [-0.25, -0.2) is 0 Å². The summed E-state index contributed by atoms with van der Waals surface area (Å²) >= 11 is 3.42. The molecule has 2 aromatic carbocycles. The van der Waals surface area contributed by atoms with Gasteiger partial charge >= 0.3 is 0 Å². The Morgan fingerprint density at radius 2 is 1.71 bits per heavy atom. The van der Waals surface area contributed by atoms with Gasteiger partial charge in [0, 0.05) is 11.0 Å². The Bertz CT molecular complexity index is 590. The van der Waals surface area contributed by atoms with Crippen LogP contribution in [0.1, 0.15) is 17.2 Å². The molecule has 0 heterocycles. The molecule has 0 saturated carbocycles. The highest BCUT2D eigenvalue weighted by molar-refractivity contribution is 9.10. The van der Waals surface area contributed by atoms with E-state index in [9.17, 15) is 5.11 Å². The lowest BCUT2D eigenvalue weighted by atomic mass is 9.95. The van der Waals surface area contributed by atoms with Gasteiger partial charge < -0.3 is 10.0 Å². The van der Waals surface area contributed by atoms with Gasteiger partial charge in [0.15, 0.2) is 0 Å². The van der Waals surface area contributed by atoms with Gasteiger partial charge in [0.2, 0.25) is 0 Å². The lowest BCUT2D eigenvalue weighted by Crippen LogP contribution is -2.12. The molecule has 1 unspecified atom stereocenters. The van der Waals surface area contributed by atoms with Crippen LogP contribution in [0.4, 0.5) is 0 Å². The molecule has 2 aromatic rings. The van der Waals surface area contributed by atoms with Gasteiger partial charge in [-0.15, -0.1) is 0 Å². The van der Waals surface area contributed by atoms with Crippen LogP contribution in [0.2, 0.25) is 0 Å². The van der Waals surface area contributed by atoms with Gasteiger partial charge in [-0.2, -0.15) is 0 Å². The van der Waals surface area contributed by atoms with Crippen LogP contribution in [0.15, 0.2) is 65.1 Å². The number of halogens is 1. The predicted molar refractivity (Wildman–Crippen MR) is 92.1 cm³/mol. The second kappa shape index (κ2) is 7.55. The van der Waals surface area contributed by atoms with E-state index in [1.165, 1.54) is 0 Å². The van der Waals surface area contributed by atoms with Crippen molar-refractivity contribution in [2.45, 2.75) is 6.10 Å². The molecule has 1 N–H and O–H groups in total. The van der Waals surface area contributed by atoms with E-state index in [0.29, 0.717) is 0 Å². The summed E-state index contributed by atoms with van der Waals surface area (Å²) in [5.74, 6) is 0. The van der Waals surface area contributed by atoms with Crippen molar-refractivity contribution >= 4 is 21.5 Å². The highest BCUT2D eigenvalue weighted by atomic mass is 79.9. The minimum Gasteiger partial charge on any atom is -0.384 e. The lowest BCUT2D eigenvalue weighted by molar-refractivity contribution is 0.237. The zero-order chi connectivity index (χ0) is 15.2. The molecule has 0 bridgehead atoms. The minimum atomic E-state index is -0.625. The van der Waals surface area contributed by atoms with Crippen molar-refractivity contribution in [1.29, 1.82) is 0 Å². The number of hydrogen-bond donors (Lipinski definition) is 1. The first-order valence-electron chi connectivity index (χ1n) is 6.91. The predicted octanol–water partition coefficient (Wildman–Crippen LogP) is 4.13. The van der Waals surface area contributed by atoms with Crippen LogP contribution in [0.5, 0.6) is 0 Å². The summed E-state index contributed by atoms with van der Waals surface area (Å²) < 4.78 is 1.01. The van der Waals surface area contributed by atoms with Crippen LogP contribution >= 0.6 is 15.9 Å². The molecule has 0 radical (unpaired) electrons. The summed E-state index contributed by atoms with van der Waals surface area (Å²) in [4.78, 5) is 2.08. The van der Waals surface area contributed by atoms with Gasteiger partial charge in [-0.3, -0.25) is 0 Å². The summed E-state index contributed by atoms with van der Waals surface area (Å²) in [6, 6.07) is 17.8. The number of rotatable bonds is 5. The highest BCUT2D eigenvalue weighted by Crippen LogP contribution is 2.30. The van der Waals surface area contributed by atoms with Crippen LogP contribution < -0.4 is 0 Å². The van der Waals surface area contributed by atoms with Gasteiger partial charge in [-0.1, -0.05) is 64.5 Å². The molecule has 21 heavy (non-hydrogen) atoms. The molecule has 2 nitrogen and oxygen atoms in total. The number of nitrogens with zero attached hydrogens (tertiary/aromatic N) is 1. The molecule has 0 aliphatic carbocycles. The van der Waals surface area contributed by atoms with Crippen molar-refractivity contribution in [1.82, 2.24) is 4.90 Å². The van der Waals surface area contributed by atoms with Crippen LogP contribution in [0, 0.1) is 0 Å². The first-order valence-corrected chi connectivity index (χ1v) is 7.71. The molecule has 110 valence electrons. The van der Waals surface area contributed by atoms with Crippen molar-refractivity contribution in [2.24, 2.45) is 0 Å². The van der Waals surface area contributed by atoms with Crippen molar-refractivity contribution in [2.75, 3.05) is 20.6 Å². The van der Waals surface area contributed by atoms with E-state index in [4.69, 9.17) is 0 Å². The third-order valence-electron chi connectivity index (χ3n) is 3.26. The number of aliphatic hydroxyl groups excluding tert-OH is 1. The van der Waals surface area contributed by atoms with E-state index < -0.39 is 6.10 Å². The zero-order valence-electron chi connectivity index (χ0n) is 12.3. The Kier molecular flexibility index (Phi) is 5.74. The minimum absolute atomic E-state index is 0.625. The molecule has 3 heteroatoms. The molecule has 0 aliphatic heterocycles. The van der Waals surface area contributed by atoms with E-state index in [1.54, 1.807) is 0 Å². The van der Waals surface area contributed by atoms with Crippen molar-refractivity contribution in [3.63, 3.8) is 0 Å². The summed E-state index contributed by atoms with van der Waals surface area (Å²) in [5.41, 5.74) is 2.88. The van der Waals surface area contributed by atoms with E-state index in [1.807, 2.05) is 68.7 Å². The highest BCUT2D eigenvalue weighted by Gasteiger charge is 2.15. The maximum Gasteiger partial charge on any atom is 0.104 e. The van der Waals surface area contributed by atoms with Gasteiger partial charge in [0.25, 0.3) is 0 Å². The molecule has 0 aliphatic rings. The van der Waals surface area contributed by atoms with E-state index in [-0.39, 0.29) is 0 Å². The smallest absolute Gasteiger partial charge is 0.104 e. The summed E-state index contributed by atoms with van der Waals surface area (Å²) in [6.45, 7) is 0.789. The number of aliphatic hydroxyl groups is 1. The molecule has 0 spiro atoms. The van der Waals surface area contributed by atoms with Gasteiger partial charge in [0.1, 0.15) is 6.10 Å². The van der Waals surface area contributed by atoms with E-state index in [0.717, 1.165) is 27.7 Å². The Labute approximate surface area is 134 Å². The normalized spacial score (nSPS) is 13.5. The Morgan fingerprint density at radius 3 is 2.29 bits per heavy atom. The molecular weight excluding hydrogens is 326 g/mol. The van der Waals surface area contributed by atoms with Crippen LogP contribution in [0.3, 0.4) is 0 Å². The second-order valence-corrected chi connectivity index (χ2v) is 6.16. The average Bonchev–Trinajstić information content (AvgIpc) is 2.49. The maximum absolute atomic E-state index is 10.7. The average molecular weight is 346 g/mol. The largest absolute Gasteiger partial charge is 0.384 e. The summed E-state index contributed by atoms with van der Waals surface area (Å²) in [7, 11) is 4.04. The fourth-order valence-corrected chi connectivity index (χ4v) is 2.39. The van der Waals surface area contributed by atoms with E-state index in [2.05, 4.69) is 26.9 Å². The van der Waals surface area contributed by atoms with Crippen molar-refractivity contribution in [3.8, 4) is 0 Å². The van der Waals surface area contributed by atoms with Crippen LogP contribution in [0.25, 0.3) is 5.57 Å². The first-order chi connectivity index (χ1) is 10.1. The standard InChI is InChI=1S/C18H20BrNO/c1-20(2)13-12-17(14-6-4-3-5-7-14)18(21)15-8-10-16(19)11-9-15/h3-12,18,21H,13H2,1-2H3. The SMILES string of the molecule is CN(C)CC=C(c1ccccc1)C(O)c1ccc(Br)cc1. The Morgan fingerprint density at radius 1 is 1.10 bits per heavy atom. The number of hydrogen-bond acceptors (Lipinski definition) is 2. The lowest BCUT2D eigenvalue weighted by Gasteiger charge is -2.17. The molecule has 2 rings (SSSR count). The fourth-order valence-electron chi connectivity index (χ4n) is 2.12. The van der Waals surface area contributed by atoms with Gasteiger partial charge in [-0.05, 0) is 42.9 Å². The molecular formula is C18H20BrNO. The van der Waals surface area contributed by atoms with Crippen molar-refractivity contribution in [3.05, 3.63) is 76.3 Å². The molecule has 1 atom stereocenters. The number of likely N-dealkylation sites (N-methyl/N-ethyl adjacent to an activating group) is 1. The topological polar surface area (TPSA) is 23.5 Å². The maximum atomic E-state index is 10.7. The Balaban J connectivity index is 2.35. The van der Waals surface area contributed by atoms with Crippen molar-refractivity contribution < 1.29 is 5.11 Å². The van der Waals surface area contributed by atoms with E-state index >= 15 is 0 Å². The van der Waals surface area contributed by atoms with Crippen LogP contribution in [-0.2, 0) is 0 Å². The third-order valence-corrected chi connectivity index (χ3v) is 3.79. The molecule has 0 amide bonds. The molecule has 0 aromatic heterocycles. The Hall–Kier alpha value is -1.42. The summed E-state index contributed by atoms with van der Waals surface area (Å²) in [6.07, 6.45) is 1.46. The molecule has 0 saturated heterocycles. The quantitative estimate of drug-likeness (QED) is 0.880. The first kappa shape index (κ1) is 16.0. The van der Waals surface area contributed by atoms with Crippen LogP contribution in [-0.4, -0.2) is 30.6 Å². The van der Waals surface area contributed by atoms with Gasteiger partial charge in [0.05, 0.1) is 0 Å². The third kappa shape index (κ3) is 4.53. The monoisotopic (exact) mass is 345 g/mol. The summed E-state index contributed by atoms with van der Waals surface area (Å²) in [5, 5.41) is 10.7. The molecule has 0 fully saturated rings. The number of benzene rings is 2. The second-order valence-electron chi connectivity index (χ2n) is 5.24. The fraction of sp³-hybridized carbons (Fsp3) is 0.222.